The molecule has 18 atom stereocenters. The maximum atomic E-state index is 13.4. The number of nitrogens with one attached hydrogen (secondary N) is 3. The summed E-state index contributed by atoms with van der Waals surface area (Å²) in [7, 11) is 0. The second-order valence-corrected chi connectivity index (χ2v) is 24.5. The molecule has 2 unspecified atom stereocenters. The summed E-state index contributed by atoms with van der Waals surface area (Å²) in [6.07, 6.45) is -5.33. The van der Waals surface area contributed by atoms with Gasteiger partial charge in [-0.25, -0.2) is 4.79 Å². The van der Waals surface area contributed by atoms with Gasteiger partial charge in [0.2, 0.25) is 11.8 Å². The number of aliphatic hydroxyl groups is 11. The van der Waals surface area contributed by atoms with E-state index >= 15 is 0 Å². The maximum Gasteiger partial charge on any atom is 0.364 e. The summed E-state index contributed by atoms with van der Waals surface area (Å²) in [4.78, 5) is 53.8. The van der Waals surface area contributed by atoms with Crippen LogP contribution in [0.5, 0.6) is 5.75 Å². The number of carbonyl (C=O) groups excluding carboxylic acids is 3. The van der Waals surface area contributed by atoms with E-state index in [1.54, 1.807) is 6.08 Å². The molecule has 3 saturated heterocycles. The van der Waals surface area contributed by atoms with Gasteiger partial charge in [0, 0.05) is 31.2 Å². The molecule has 0 saturated carbocycles. The molecular weight excluding hydrogens is 1300 g/mol. The SMILES string of the molecule is CCCCCCCCCCCCC/C=C/C(O)C(CO[C@@H]1O[C@H](CO)[C@@H](O[C@@H]2O[C@H](CO)[C@H](O)[C@H](O[C@@]3(C(=O)O)C[C@H](O)[C@@H](NC(C)=O)[C@H]([C@H](O)[C@H](O)CO)O3)[C@H]2O)[C@H](O)[C@H]1O)NC(=O)CCCCCCCCCCCNC(=O)c1ccc(N=[N+]=[N-])c([125I])c1O. The van der Waals surface area contributed by atoms with E-state index in [0.717, 1.165) is 84.0 Å². The number of unbranched alkanes of at least 4 members (excludes halogenated alkanes) is 19. The van der Waals surface area contributed by atoms with Gasteiger partial charge in [0.1, 0.15) is 72.9 Å². The summed E-state index contributed by atoms with van der Waals surface area (Å²) in [5.41, 5.74) is 9.01. The van der Waals surface area contributed by atoms with Gasteiger partial charge in [-0.05, 0) is 59.9 Å². The molecule has 0 aromatic heterocycles. The Bertz CT molecular complexity index is 2380. The van der Waals surface area contributed by atoms with Crippen LogP contribution in [0, 0.1) is 3.57 Å². The Balaban J connectivity index is 1.34. The Morgan fingerprint density at radius 3 is 1.96 bits per heavy atom. The van der Waals surface area contributed by atoms with E-state index in [4.69, 9.17) is 34.0 Å². The number of benzene rings is 1. The van der Waals surface area contributed by atoms with Gasteiger partial charge in [0.05, 0.1) is 65.5 Å². The van der Waals surface area contributed by atoms with Crippen LogP contribution in [0.1, 0.15) is 172 Å². The van der Waals surface area contributed by atoms with Crippen molar-refractivity contribution in [1.82, 2.24) is 16.0 Å². The number of ether oxygens (including phenoxy) is 6. The number of rotatable bonds is 43. The van der Waals surface area contributed by atoms with Gasteiger partial charge in [-0.1, -0.05) is 139 Å². The van der Waals surface area contributed by atoms with Gasteiger partial charge in [0.15, 0.2) is 12.6 Å². The molecule has 3 aliphatic rings. The van der Waals surface area contributed by atoms with Crippen molar-refractivity contribution < 1.29 is 114 Å². The molecule has 3 fully saturated rings. The van der Waals surface area contributed by atoms with E-state index in [9.17, 15) is 85.6 Å². The van der Waals surface area contributed by atoms with Crippen LogP contribution >= 0.6 is 22.6 Å². The Hall–Kier alpha value is -4.00. The van der Waals surface area contributed by atoms with Crippen LogP contribution in [0.15, 0.2) is 29.4 Å². The Morgan fingerprint density at radius 1 is 0.789 bits per heavy atom. The first-order valence-corrected chi connectivity index (χ1v) is 32.7. The number of nitrogens with zero attached hydrogens (tertiary/aromatic N) is 3. The van der Waals surface area contributed by atoms with Crippen LogP contribution < -0.4 is 16.0 Å². The molecule has 3 aliphatic heterocycles. The lowest BCUT2D eigenvalue weighted by Gasteiger charge is -2.50. The second-order valence-electron chi connectivity index (χ2n) is 23.4. The lowest BCUT2D eigenvalue weighted by molar-refractivity contribution is -0.386. The third kappa shape index (κ3) is 24.4. The molecule has 0 spiro atoms. The van der Waals surface area contributed by atoms with Crippen molar-refractivity contribution in [1.29, 1.82) is 0 Å². The van der Waals surface area contributed by atoms with Crippen molar-refractivity contribution in [2.24, 2.45) is 5.11 Å². The summed E-state index contributed by atoms with van der Waals surface area (Å²) in [6, 6.07) is 0.192. The number of phenols is 1. The van der Waals surface area contributed by atoms with Gasteiger partial charge >= 0.3 is 5.97 Å². The highest BCUT2D eigenvalue weighted by atomic mass is 125. The minimum Gasteiger partial charge on any atom is -0.506 e. The minimum absolute atomic E-state index is 0.0934. The fourth-order valence-corrected chi connectivity index (χ4v) is 11.7. The van der Waals surface area contributed by atoms with Crippen molar-refractivity contribution in [3.63, 3.8) is 0 Å². The van der Waals surface area contributed by atoms with Crippen molar-refractivity contribution in [3.8, 4) is 5.75 Å². The van der Waals surface area contributed by atoms with Crippen molar-refractivity contribution in [3.05, 3.63) is 43.9 Å². The van der Waals surface area contributed by atoms with E-state index in [0.29, 0.717) is 19.4 Å². The second kappa shape index (κ2) is 41.6. The van der Waals surface area contributed by atoms with Crippen LogP contribution in [0.4, 0.5) is 5.69 Å². The fraction of sp³-hybridized carbons (Fsp3) is 0.800. The van der Waals surface area contributed by atoms with Gasteiger partial charge in [0.25, 0.3) is 11.7 Å². The van der Waals surface area contributed by atoms with Gasteiger partial charge < -0.3 is 111 Å². The summed E-state index contributed by atoms with van der Waals surface area (Å²) in [6.45, 7) is 0.148. The normalized spacial score (nSPS) is 28.4. The average molecular weight is 1400 g/mol. The first-order valence-electron chi connectivity index (χ1n) is 31.6. The van der Waals surface area contributed by atoms with Crippen LogP contribution in [0.25, 0.3) is 10.4 Å². The number of allylic oxidation sites excluding steroid dienone is 1. The van der Waals surface area contributed by atoms with Crippen molar-refractivity contribution >= 4 is 52.0 Å². The van der Waals surface area contributed by atoms with Crippen LogP contribution in [-0.4, -0.2) is 233 Å². The van der Waals surface area contributed by atoms with E-state index in [1.807, 2.05) is 28.7 Å². The molecule has 16 N–H and O–H groups in total. The molecule has 1 aromatic rings. The molecule has 1 aromatic carbocycles. The highest BCUT2D eigenvalue weighted by molar-refractivity contribution is 14.1. The topological polar surface area (TPSA) is 472 Å². The highest BCUT2D eigenvalue weighted by Crippen LogP contribution is 2.39. The van der Waals surface area contributed by atoms with Crippen molar-refractivity contribution in [2.45, 2.75) is 271 Å². The number of carboxylic acid groups (broad SMARTS) is 1. The molecule has 3 heterocycles. The standard InChI is InChI=1S/C60H99IN6O23/c1-3-4-5-6-7-8-9-10-11-13-16-19-22-25-39(72)38(65-44(75)26-23-20-17-14-12-15-18-21-24-29-63-56(82)36-27-28-37(66-67-62)45(61)47(36)76)34-85-57-51(80)50(79)53(43(33-70)87-57)88-58-52(81)55(49(78)42(32-69)86-58)90-60(59(83)84)30-40(73)46(64-35(2)71)54(89-60)48(77)41(74)31-68/h22,25,27-28,38-43,46,48-55,57-58,68-70,72-74,76-81H,3-21,23-24,26,29-34H2,1-2H3,(H,63,82)(H,64,71)(H,65,75)(H,83,84)/b25-22+/t38?,39?,40-,41+,42+,43+,46+,48+,49-,50+,51+,52+,53+,54+,55-,57+,58-,60+/m0/s1/i61-2. The average Bonchev–Trinajstić information content (AvgIpc) is 0.854. The van der Waals surface area contributed by atoms with Gasteiger partial charge in [-0.3, -0.25) is 14.4 Å². The Kier molecular flexibility index (Phi) is 36.3. The smallest absolute Gasteiger partial charge is 0.364 e. The highest BCUT2D eigenvalue weighted by Gasteiger charge is 2.60. The van der Waals surface area contributed by atoms with E-state index in [1.165, 1.54) is 57.1 Å². The van der Waals surface area contributed by atoms with E-state index in [2.05, 4.69) is 32.9 Å². The van der Waals surface area contributed by atoms with Crippen molar-refractivity contribution in [2.75, 3.05) is 33.0 Å². The van der Waals surface area contributed by atoms with Crippen LogP contribution in [-0.2, 0) is 42.8 Å². The zero-order valence-electron chi connectivity index (χ0n) is 51.5. The number of aliphatic hydroxyl groups excluding tert-OH is 11. The predicted molar refractivity (Wildman–Crippen MR) is 330 cm³/mol. The van der Waals surface area contributed by atoms with E-state index < -0.39 is 160 Å². The first-order chi connectivity index (χ1) is 43.1. The number of hydrogen-bond donors (Lipinski definition) is 16. The van der Waals surface area contributed by atoms with Crippen LogP contribution in [0.3, 0.4) is 0 Å². The fourth-order valence-electron chi connectivity index (χ4n) is 11.1. The summed E-state index contributed by atoms with van der Waals surface area (Å²) < 4.78 is 34.9. The maximum absolute atomic E-state index is 13.4. The zero-order chi connectivity index (χ0) is 66.3. The summed E-state index contributed by atoms with van der Waals surface area (Å²) >= 11 is 1.81. The largest absolute Gasteiger partial charge is 0.506 e. The number of carboxylic acids is 1. The number of halogens is 1. The lowest BCUT2D eigenvalue weighted by Crippen LogP contribution is -2.70. The predicted octanol–water partition coefficient (Wildman–Crippen LogP) is 2.49. The molecule has 514 valence electrons. The zero-order valence-corrected chi connectivity index (χ0v) is 53.7. The third-order valence-electron chi connectivity index (χ3n) is 16.3. The Morgan fingerprint density at radius 2 is 1.38 bits per heavy atom. The Labute approximate surface area is 538 Å². The number of carbonyl (C=O) groups is 4. The molecule has 0 radical (unpaired) electrons. The lowest BCUT2D eigenvalue weighted by atomic mass is 9.88. The number of phenolic OH excluding ortho intramolecular Hbond substituents is 1. The van der Waals surface area contributed by atoms with Crippen LogP contribution in [0.2, 0.25) is 0 Å². The quantitative estimate of drug-likeness (QED) is 0.0111. The summed E-state index contributed by atoms with van der Waals surface area (Å²) in [5.74, 6) is -6.94. The molecule has 0 aliphatic carbocycles. The van der Waals surface area contributed by atoms with Gasteiger partial charge in [-0.2, -0.15) is 0 Å². The molecular formula is C60H99IN6O23. The molecule has 4 rings (SSSR count). The number of azide groups is 1. The molecule has 29 nitrogen and oxygen atoms in total. The number of hydrogen-bond acceptors (Lipinski definition) is 23. The van der Waals surface area contributed by atoms with E-state index in [-0.39, 0.29) is 32.9 Å². The molecule has 0 bridgehead atoms. The number of amides is 3. The molecule has 3 amide bonds. The third-order valence-corrected chi connectivity index (χ3v) is 17.4. The monoisotopic (exact) mass is 1400 g/mol. The number of aromatic hydroxyl groups is 1. The van der Waals surface area contributed by atoms with Gasteiger partial charge in [-0.15, -0.1) is 0 Å². The first kappa shape index (κ1) is 78.4. The molecule has 30 heteroatoms. The number of aliphatic carboxylic acids is 1. The molecule has 90 heavy (non-hydrogen) atoms. The summed E-state index contributed by atoms with van der Waals surface area (Å²) in [5, 5.41) is 152. The minimum atomic E-state index is -3.10.